The van der Waals surface area contributed by atoms with Gasteiger partial charge in [-0.1, -0.05) is 78.4 Å². The third-order valence-electron chi connectivity index (χ3n) is 5.48. The van der Waals surface area contributed by atoms with Gasteiger partial charge in [0.1, 0.15) is 35.2 Å². The Morgan fingerprint density at radius 3 is 1.81 bits per heavy atom. The molecule has 0 heterocycles. The first-order valence-corrected chi connectivity index (χ1v) is 14.0. The second kappa shape index (κ2) is 11.8. The molecule has 0 aliphatic heterocycles. The Bertz CT molecular complexity index is 1490. The lowest BCUT2D eigenvalue weighted by Crippen LogP contribution is -2.15. The molecule has 0 saturated carbocycles. The lowest BCUT2D eigenvalue weighted by atomic mass is 10.1. The molecule has 0 bridgehead atoms. The molecule has 0 aromatic heterocycles. The second-order valence-corrected chi connectivity index (χ2v) is 11.0. The van der Waals surface area contributed by atoms with Crippen molar-refractivity contribution in [2.45, 2.75) is 32.0 Å². The van der Waals surface area contributed by atoms with Crippen molar-refractivity contribution in [3.05, 3.63) is 117 Å². The van der Waals surface area contributed by atoms with Crippen molar-refractivity contribution in [2.75, 3.05) is 0 Å². The van der Waals surface area contributed by atoms with Crippen LogP contribution in [0.25, 0.3) is 0 Å². The van der Waals surface area contributed by atoms with Gasteiger partial charge < -0.3 is 13.7 Å². The number of hydrogen-bond donors (Lipinski definition) is 0. The summed E-state index contributed by atoms with van der Waals surface area (Å²) in [5.41, 5.74) is 2.75. The van der Waals surface area contributed by atoms with Gasteiger partial charge in [0.15, 0.2) is 11.5 Å². The van der Waals surface area contributed by atoms with Crippen LogP contribution in [0.5, 0.6) is 17.2 Å². The number of ketones is 1. The highest BCUT2D eigenvalue weighted by Crippen LogP contribution is 2.42. The fraction of sp³-hybridized carbons (Fsp3) is 0.138. The summed E-state index contributed by atoms with van der Waals surface area (Å²) in [5.74, 6) is -0.00690. The Morgan fingerprint density at radius 2 is 1.30 bits per heavy atom. The zero-order valence-corrected chi connectivity index (χ0v) is 23.3. The molecule has 4 rings (SSSR count). The van der Waals surface area contributed by atoms with Crippen LogP contribution in [0.4, 0.5) is 0 Å². The summed E-state index contributed by atoms with van der Waals surface area (Å²) in [6, 6.07) is 26.9. The number of rotatable bonds is 10. The molecule has 8 heteroatoms. The van der Waals surface area contributed by atoms with Gasteiger partial charge in [0.2, 0.25) is 0 Å². The van der Waals surface area contributed by atoms with Gasteiger partial charge in [-0.25, -0.2) is 0 Å². The molecule has 0 spiro atoms. The predicted molar refractivity (Wildman–Crippen MR) is 150 cm³/mol. The first-order chi connectivity index (χ1) is 17.7. The number of hydrogen-bond acceptors (Lipinski definition) is 6. The van der Waals surface area contributed by atoms with E-state index < -0.39 is 15.9 Å². The molecule has 4 aromatic carbocycles. The summed E-state index contributed by atoms with van der Waals surface area (Å²) in [6.45, 7) is 3.61. The summed E-state index contributed by atoms with van der Waals surface area (Å²) in [7, 11) is -4.24. The number of Topliss-reactive ketones (excluding diaryl/α,β-unsaturated/α-hetero) is 1. The van der Waals surface area contributed by atoms with E-state index >= 15 is 0 Å². The van der Waals surface area contributed by atoms with Crippen LogP contribution in [-0.4, -0.2) is 14.2 Å². The lowest BCUT2D eigenvalue weighted by molar-refractivity contribution is 0.101. The van der Waals surface area contributed by atoms with Crippen molar-refractivity contribution in [1.29, 1.82) is 0 Å². The Morgan fingerprint density at radius 1 is 0.784 bits per heavy atom. The lowest BCUT2D eigenvalue weighted by Gasteiger charge is -2.19. The van der Waals surface area contributed by atoms with Crippen LogP contribution in [0.3, 0.4) is 0 Å². The second-order valence-electron chi connectivity index (χ2n) is 8.35. The minimum Gasteiger partial charge on any atom is -0.488 e. The first kappa shape index (κ1) is 26.7. The van der Waals surface area contributed by atoms with Crippen molar-refractivity contribution in [2.24, 2.45) is 0 Å². The molecular weight excluding hydrogens is 603 g/mol. The molecule has 37 heavy (non-hydrogen) atoms. The van der Waals surface area contributed by atoms with E-state index in [9.17, 15) is 13.2 Å². The van der Waals surface area contributed by atoms with Crippen molar-refractivity contribution in [3.8, 4) is 17.2 Å². The fourth-order valence-electron chi connectivity index (χ4n) is 3.55. The van der Waals surface area contributed by atoms with Crippen LogP contribution in [0.2, 0.25) is 0 Å². The Kier molecular flexibility index (Phi) is 8.50. The molecule has 0 atom stereocenters. The number of aryl methyl sites for hydroxylation is 1. The zero-order valence-electron chi connectivity index (χ0n) is 20.3. The topological polar surface area (TPSA) is 78.9 Å². The number of carbonyl (C=O) groups is 1. The van der Waals surface area contributed by atoms with Gasteiger partial charge in [-0.2, -0.15) is 8.42 Å². The van der Waals surface area contributed by atoms with Gasteiger partial charge >= 0.3 is 10.1 Å². The monoisotopic (exact) mass is 628 g/mol. The Balaban J connectivity index is 1.77. The van der Waals surface area contributed by atoms with E-state index in [4.69, 9.17) is 13.7 Å². The van der Waals surface area contributed by atoms with Crippen LogP contribution < -0.4 is 13.7 Å². The first-order valence-electron chi connectivity index (χ1n) is 11.5. The van der Waals surface area contributed by atoms with E-state index in [1.807, 2.05) is 90.2 Å². The predicted octanol–water partition coefficient (Wildman–Crippen LogP) is 6.73. The maximum Gasteiger partial charge on any atom is 0.339 e. The number of benzene rings is 4. The van der Waals surface area contributed by atoms with Crippen LogP contribution in [0.1, 0.15) is 34.0 Å². The molecule has 0 radical (unpaired) electrons. The third-order valence-corrected chi connectivity index (χ3v) is 7.74. The van der Waals surface area contributed by atoms with Gasteiger partial charge in [-0.15, -0.1) is 0 Å². The van der Waals surface area contributed by atoms with Gasteiger partial charge in [0.25, 0.3) is 0 Å². The summed E-state index contributed by atoms with van der Waals surface area (Å²) < 4.78 is 44.5. The van der Waals surface area contributed by atoms with Gasteiger partial charge in [-0.05, 0) is 59.7 Å². The average molecular weight is 628 g/mol. The van der Waals surface area contributed by atoms with E-state index in [1.54, 1.807) is 18.2 Å². The molecule has 0 saturated heterocycles. The van der Waals surface area contributed by atoms with Crippen LogP contribution in [-0.2, 0) is 23.3 Å². The summed E-state index contributed by atoms with van der Waals surface area (Å²) in [5, 5.41) is 0. The highest BCUT2D eigenvalue weighted by atomic mass is 127. The molecular formula is C29H25IO6S. The highest BCUT2D eigenvalue weighted by Gasteiger charge is 2.28. The SMILES string of the molecule is CC(=O)c1c(OCc2ccccc2)cc(OCc2ccccc2)c(I)c1OS(=O)(=O)c1ccc(C)cc1. The molecule has 0 aliphatic carbocycles. The standard InChI is InChI=1S/C29H25IO6S/c1-20-13-15-24(16-14-20)37(32,33)36-29-27(21(2)31)25(34-18-22-9-5-3-6-10-22)17-26(28(29)30)35-19-23-11-7-4-8-12-23/h3-17H,18-19H2,1-2H3. The number of halogens is 1. The molecule has 0 fully saturated rings. The zero-order chi connectivity index (χ0) is 26.4. The molecule has 4 aromatic rings. The van der Waals surface area contributed by atoms with Crippen molar-refractivity contribution in [3.63, 3.8) is 0 Å². The van der Waals surface area contributed by atoms with Crippen molar-refractivity contribution < 1.29 is 26.9 Å². The molecule has 0 aliphatic rings. The van der Waals surface area contributed by atoms with E-state index in [2.05, 4.69) is 0 Å². The number of carbonyl (C=O) groups excluding carboxylic acids is 1. The summed E-state index contributed by atoms with van der Waals surface area (Å²) in [6.07, 6.45) is 0. The van der Waals surface area contributed by atoms with E-state index in [0.29, 0.717) is 9.32 Å². The normalized spacial score (nSPS) is 11.1. The molecule has 0 N–H and O–H groups in total. The average Bonchev–Trinajstić information content (AvgIpc) is 2.89. The minimum absolute atomic E-state index is 0.0224. The highest BCUT2D eigenvalue weighted by molar-refractivity contribution is 14.1. The molecule has 0 unspecified atom stereocenters. The van der Waals surface area contributed by atoms with Gasteiger partial charge in [0, 0.05) is 6.07 Å². The van der Waals surface area contributed by atoms with Crippen LogP contribution in [0, 0.1) is 10.5 Å². The minimum atomic E-state index is -4.24. The van der Waals surface area contributed by atoms with E-state index in [0.717, 1.165) is 16.7 Å². The Labute approximate surface area is 230 Å². The third kappa shape index (κ3) is 6.69. The maximum atomic E-state index is 13.2. The molecule has 6 nitrogen and oxygen atoms in total. The summed E-state index contributed by atoms with van der Waals surface area (Å²) >= 11 is 1.94. The Hall–Kier alpha value is -3.37. The maximum absolute atomic E-state index is 13.2. The quantitative estimate of drug-likeness (QED) is 0.110. The van der Waals surface area contributed by atoms with Crippen LogP contribution >= 0.6 is 22.6 Å². The van der Waals surface area contributed by atoms with E-state index in [1.165, 1.54) is 19.1 Å². The van der Waals surface area contributed by atoms with Crippen molar-refractivity contribution in [1.82, 2.24) is 0 Å². The smallest absolute Gasteiger partial charge is 0.339 e. The van der Waals surface area contributed by atoms with Crippen molar-refractivity contribution >= 4 is 38.5 Å². The van der Waals surface area contributed by atoms with E-state index in [-0.39, 0.29) is 35.2 Å². The fourth-order valence-corrected chi connectivity index (χ4v) is 5.34. The van der Waals surface area contributed by atoms with Gasteiger partial charge in [-0.3, -0.25) is 4.79 Å². The summed E-state index contributed by atoms with van der Waals surface area (Å²) in [4.78, 5) is 12.8. The van der Waals surface area contributed by atoms with Crippen LogP contribution in [0.15, 0.2) is 95.9 Å². The molecule has 0 amide bonds. The van der Waals surface area contributed by atoms with Gasteiger partial charge in [0.05, 0.1) is 3.57 Å². The number of ether oxygens (including phenoxy) is 2. The molecule has 190 valence electrons. The largest absolute Gasteiger partial charge is 0.488 e.